The first kappa shape index (κ1) is 31.6. The summed E-state index contributed by atoms with van der Waals surface area (Å²) in [6.45, 7) is 2.38. The largest absolute Gasteiger partial charge is 0.497 e. The van der Waals surface area contributed by atoms with Gasteiger partial charge in [0, 0.05) is 59.7 Å². The number of sulfonamides is 1. The Bertz CT molecular complexity index is 1950. The van der Waals surface area contributed by atoms with Crippen molar-refractivity contribution in [2.75, 3.05) is 33.0 Å². The standard InChI is InChI=1S/C39H48N4O5S/c1-41-20-27-12-13-28(21-41)43(27)38(45)39-19-33(39)32-18-29(48-2)14-16-30(32)36-35(25-9-4-3-5-10-25)31-15-11-26(17-34(31)42(36)23-39)37(44)40-49(46,47)22-24-7-6-8-24/h11,14-18,24-25,27-28,33H,3-10,12-13,19-23H2,1-2H3,(H,40,44). The first-order chi connectivity index (χ1) is 23.7. The van der Waals surface area contributed by atoms with E-state index in [9.17, 15) is 13.2 Å². The molecule has 9 nitrogen and oxygen atoms in total. The van der Waals surface area contributed by atoms with Crippen LogP contribution in [0.15, 0.2) is 36.4 Å². The van der Waals surface area contributed by atoms with E-state index in [2.05, 4.69) is 38.3 Å². The summed E-state index contributed by atoms with van der Waals surface area (Å²) in [4.78, 5) is 33.2. The smallest absolute Gasteiger partial charge is 0.264 e. The maximum atomic E-state index is 15.0. The van der Waals surface area contributed by atoms with Gasteiger partial charge in [0.05, 0.1) is 24.0 Å². The predicted octanol–water partition coefficient (Wildman–Crippen LogP) is 6.02. The number of nitrogens with one attached hydrogen (secondary N) is 1. The van der Waals surface area contributed by atoms with E-state index in [4.69, 9.17) is 4.74 Å². The minimum absolute atomic E-state index is 0.00607. The van der Waals surface area contributed by atoms with Gasteiger partial charge in [-0.2, -0.15) is 0 Å². The van der Waals surface area contributed by atoms with Crippen LogP contribution in [-0.4, -0.2) is 79.7 Å². The maximum Gasteiger partial charge on any atom is 0.264 e. The Kier molecular flexibility index (Phi) is 7.47. The Morgan fingerprint density at radius 3 is 2.39 bits per heavy atom. The van der Waals surface area contributed by atoms with Gasteiger partial charge in [-0.05, 0) is 105 Å². The van der Waals surface area contributed by atoms with Crippen molar-refractivity contribution in [3.8, 4) is 17.0 Å². The van der Waals surface area contributed by atoms with Gasteiger partial charge >= 0.3 is 0 Å². The van der Waals surface area contributed by atoms with Gasteiger partial charge < -0.3 is 19.1 Å². The van der Waals surface area contributed by atoms with E-state index in [-0.39, 0.29) is 35.6 Å². The third-order valence-corrected chi connectivity index (χ3v) is 14.4. The van der Waals surface area contributed by atoms with E-state index >= 15 is 4.79 Å². The molecular formula is C39H48N4O5S. The van der Waals surface area contributed by atoms with Crippen LogP contribution in [0.3, 0.4) is 0 Å². The zero-order valence-electron chi connectivity index (χ0n) is 28.7. The minimum atomic E-state index is -3.74. The first-order valence-corrected chi connectivity index (χ1v) is 20.2. The summed E-state index contributed by atoms with van der Waals surface area (Å²) in [5.41, 5.74) is 5.50. The van der Waals surface area contributed by atoms with Crippen LogP contribution < -0.4 is 9.46 Å². The number of carbonyl (C=O) groups is 2. The van der Waals surface area contributed by atoms with E-state index in [1.54, 1.807) is 13.2 Å². The summed E-state index contributed by atoms with van der Waals surface area (Å²) in [6, 6.07) is 12.6. The molecule has 4 heterocycles. The number of benzene rings is 2. The van der Waals surface area contributed by atoms with Crippen LogP contribution in [0.5, 0.6) is 5.75 Å². The lowest BCUT2D eigenvalue weighted by molar-refractivity contribution is -0.143. The first-order valence-electron chi connectivity index (χ1n) is 18.6. The van der Waals surface area contributed by atoms with Crippen molar-refractivity contribution < 1.29 is 22.7 Å². The van der Waals surface area contributed by atoms with Gasteiger partial charge in [-0.25, -0.2) is 13.1 Å². The monoisotopic (exact) mass is 684 g/mol. The third kappa shape index (κ3) is 5.14. The number of amides is 2. The van der Waals surface area contributed by atoms with Crippen molar-refractivity contribution in [1.29, 1.82) is 0 Å². The van der Waals surface area contributed by atoms with Gasteiger partial charge in [-0.3, -0.25) is 9.59 Å². The molecule has 0 spiro atoms. The summed E-state index contributed by atoms with van der Waals surface area (Å²) < 4.78 is 36.4. The number of carbonyl (C=O) groups excluding carboxylic acids is 2. The number of aromatic nitrogens is 1. The molecule has 3 aromatic rings. The molecule has 3 aliphatic carbocycles. The van der Waals surface area contributed by atoms with Gasteiger partial charge in [-0.15, -0.1) is 0 Å². The Labute approximate surface area is 289 Å². The van der Waals surface area contributed by atoms with Gasteiger partial charge in [-0.1, -0.05) is 31.7 Å². The van der Waals surface area contributed by atoms with Crippen LogP contribution in [0.1, 0.15) is 104 Å². The molecular weight excluding hydrogens is 637 g/mol. The highest BCUT2D eigenvalue weighted by molar-refractivity contribution is 7.90. The Morgan fingerprint density at radius 2 is 1.69 bits per heavy atom. The second-order valence-corrected chi connectivity index (χ2v) is 17.9. The van der Waals surface area contributed by atoms with E-state index in [0.717, 1.165) is 92.4 Å². The molecule has 2 bridgehead atoms. The molecule has 260 valence electrons. The predicted molar refractivity (Wildman–Crippen MR) is 189 cm³/mol. The van der Waals surface area contributed by atoms with Gasteiger partial charge in [0.2, 0.25) is 15.9 Å². The topological polar surface area (TPSA) is 101 Å². The van der Waals surface area contributed by atoms with Crippen molar-refractivity contribution in [3.63, 3.8) is 0 Å². The molecule has 49 heavy (non-hydrogen) atoms. The molecule has 6 aliphatic rings. The minimum Gasteiger partial charge on any atom is -0.497 e. The van der Waals surface area contributed by atoms with E-state index in [1.165, 1.54) is 30.4 Å². The second kappa shape index (κ2) is 11.6. The number of hydrogen-bond acceptors (Lipinski definition) is 6. The Balaban J connectivity index is 1.19. The number of nitrogens with zero attached hydrogens (tertiary/aromatic N) is 3. The second-order valence-electron chi connectivity index (χ2n) is 16.1. The van der Waals surface area contributed by atoms with E-state index in [0.29, 0.717) is 18.0 Å². The number of likely N-dealkylation sites (N-methyl/N-ethyl adjacent to an activating group) is 1. The normalized spacial score (nSPS) is 28.3. The fourth-order valence-corrected chi connectivity index (χ4v) is 11.8. The number of ether oxygens (including phenoxy) is 1. The van der Waals surface area contributed by atoms with Crippen LogP contribution in [-0.2, 0) is 21.4 Å². The zero-order valence-corrected chi connectivity index (χ0v) is 29.6. The van der Waals surface area contributed by atoms with Crippen molar-refractivity contribution in [2.45, 2.75) is 101 Å². The SMILES string of the molecule is COc1ccc2c(c1)C1CC1(C(=O)N1C3CCC1CN(C)C3)Cn1c-2c(C2CCCCC2)c2ccc(C(=O)NS(=O)(=O)CC3CCC3)cc21. The summed E-state index contributed by atoms with van der Waals surface area (Å²) in [5, 5.41) is 1.11. The lowest BCUT2D eigenvalue weighted by Gasteiger charge is -2.41. The molecule has 4 unspecified atom stereocenters. The summed E-state index contributed by atoms with van der Waals surface area (Å²) in [5.74, 6) is 1.07. The van der Waals surface area contributed by atoms with Crippen LogP contribution in [0.2, 0.25) is 0 Å². The van der Waals surface area contributed by atoms with Crippen LogP contribution in [0.25, 0.3) is 22.2 Å². The van der Waals surface area contributed by atoms with E-state index < -0.39 is 21.3 Å². The number of likely N-dealkylation sites (tertiary alicyclic amines) is 1. The van der Waals surface area contributed by atoms with Crippen molar-refractivity contribution in [3.05, 3.63) is 53.1 Å². The number of hydrogen-bond donors (Lipinski definition) is 1. The molecule has 1 aromatic heterocycles. The average Bonchev–Trinajstić information content (AvgIpc) is 3.66. The molecule has 3 saturated carbocycles. The Morgan fingerprint density at radius 1 is 0.939 bits per heavy atom. The van der Waals surface area contributed by atoms with Crippen molar-refractivity contribution in [1.82, 2.24) is 19.1 Å². The number of rotatable bonds is 7. The highest BCUT2D eigenvalue weighted by Gasteiger charge is 2.65. The molecule has 0 radical (unpaired) electrons. The lowest BCUT2D eigenvalue weighted by atomic mass is 9.81. The number of piperazine rings is 1. The van der Waals surface area contributed by atoms with Crippen molar-refractivity contribution >= 4 is 32.7 Å². The molecule has 2 amide bonds. The van der Waals surface area contributed by atoms with Gasteiger partial charge in [0.1, 0.15) is 5.75 Å². The molecule has 2 saturated heterocycles. The molecule has 3 aliphatic heterocycles. The molecule has 4 atom stereocenters. The number of methoxy groups -OCH3 is 1. The summed E-state index contributed by atoms with van der Waals surface area (Å²) in [7, 11) is 0.127. The van der Waals surface area contributed by atoms with Crippen molar-refractivity contribution in [2.24, 2.45) is 11.3 Å². The molecule has 9 rings (SSSR count). The van der Waals surface area contributed by atoms with Gasteiger partial charge in [0.25, 0.3) is 5.91 Å². The van der Waals surface area contributed by atoms with Crippen LogP contribution >= 0.6 is 0 Å². The highest BCUT2D eigenvalue weighted by Crippen LogP contribution is 2.66. The maximum absolute atomic E-state index is 15.0. The Hall–Kier alpha value is -3.37. The fraction of sp³-hybridized carbons (Fsp3) is 0.590. The van der Waals surface area contributed by atoms with Crippen LogP contribution in [0.4, 0.5) is 0 Å². The quantitative estimate of drug-likeness (QED) is 0.327. The molecule has 10 heteroatoms. The molecule has 2 aromatic carbocycles. The lowest BCUT2D eigenvalue weighted by Crippen LogP contribution is -2.57. The molecule has 5 fully saturated rings. The van der Waals surface area contributed by atoms with Crippen LogP contribution in [0, 0.1) is 11.3 Å². The zero-order chi connectivity index (χ0) is 33.7. The third-order valence-electron chi connectivity index (χ3n) is 13.0. The van der Waals surface area contributed by atoms with Gasteiger partial charge in [0.15, 0.2) is 0 Å². The number of fused-ring (bicyclic) bond motifs is 9. The summed E-state index contributed by atoms with van der Waals surface area (Å²) >= 11 is 0. The summed E-state index contributed by atoms with van der Waals surface area (Å²) in [6.07, 6.45) is 11.6. The average molecular weight is 685 g/mol. The fourth-order valence-electron chi connectivity index (χ4n) is 10.3. The highest BCUT2D eigenvalue weighted by atomic mass is 32.2. The molecule has 1 N–H and O–H groups in total. The van der Waals surface area contributed by atoms with E-state index in [1.807, 2.05) is 18.2 Å².